The molecule has 590 valence electrons. The summed E-state index contributed by atoms with van der Waals surface area (Å²) in [4.78, 5) is 4.04. The highest BCUT2D eigenvalue weighted by atomic mass is 15.2. The molecule has 0 saturated heterocycles. The quantitative estimate of drug-likeness (QED) is 0.101. The van der Waals surface area contributed by atoms with E-state index in [1.165, 1.54) is 9.13 Å². The summed E-state index contributed by atoms with van der Waals surface area (Å²) in [5.41, 5.74) is -0.878. The van der Waals surface area contributed by atoms with Crippen molar-refractivity contribution in [2.24, 2.45) is 32.5 Å². The van der Waals surface area contributed by atoms with Crippen LogP contribution in [-0.2, 0) is 43.7 Å². The van der Waals surface area contributed by atoms with Gasteiger partial charge in [0.1, 0.15) is 0 Å². The molecule has 117 heavy (non-hydrogen) atoms. The van der Waals surface area contributed by atoms with Crippen molar-refractivity contribution in [3.05, 3.63) is 305 Å². The monoisotopic (exact) mass is 1560 g/mol. The topological polar surface area (TPSA) is 16.3 Å². The lowest BCUT2D eigenvalue weighted by atomic mass is 9.33. The molecule has 0 spiro atoms. The van der Waals surface area contributed by atoms with Crippen LogP contribution in [0.25, 0.3) is 99.5 Å². The van der Waals surface area contributed by atoms with Crippen molar-refractivity contribution in [3.8, 4) is 55.9 Å². The fraction of sp³-hybridized carbons (Fsp3) is 0.304. The summed E-state index contributed by atoms with van der Waals surface area (Å²) in [6.45, 7) is 37.1. The Kier molecular flexibility index (Phi) is 12.9. The Bertz CT molecular complexity index is 7240. The van der Waals surface area contributed by atoms with Crippen molar-refractivity contribution >= 4 is 101 Å². The van der Waals surface area contributed by atoms with Gasteiger partial charge in [-0.2, -0.15) is 0 Å². The van der Waals surface area contributed by atoms with Gasteiger partial charge < -0.3 is 18.9 Å². The number of hydrogen-bond donors (Lipinski definition) is 0. The average molecular weight is 1560 g/mol. The first-order chi connectivity index (χ1) is 66.6. The number of para-hydroxylation sites is 4. The molecule has 4 nitrogen and oxygen atoms in total. The lowest BCUT2D eigenvalue weighted by Gasteiger charge is -2.46. The van der Waals surface area contributed by atoms with E-state index in [0.717, 1.165) is 0 Å². The zero-order chi connectivity index (χ0) is 107. The van der Waals surface area contributed by atoms with Crippen LogP contribution in [-0.4, -0.2) is 15.8 Å². The van der Waals surface area contributed by atoms with Gasteiger partial charge in [0.25, 0.3) is 6.71 Å². The number of rotatable bonds is 14. The van der Waals surface area contributed by atoms with E-state index in [1.54, 1.807) is 246 Å². The van der Waals surface area contributed by atoms with Crippen LogP contribution in [0.15, 0.2) is 267 Å². The van der Waals surface area contributed by atoms with Crippen molar-refractivity contribution in [1.29, 1.82) is 0 Å². The van der Waals surface area contributed by atoms with Crippen LogP contribution in [0.4, 0.5) is 34.1 Å². The zero-order valence-electron chi connectivity index (χ0n) is 99.0. The molecule has 0 saturated carbocycles. The van der Waals surface area contributed by atoms with E-state index in [9.17, 15) is 38.4 Å². The van der Waals surface area contributed by atoms with Crippen molar-refractivity contribution in [2.75, 3.05) is 9.80 Å². The van der Waals surface area contributed by atoms with Gasteiger partial charge >= 0.3 is 0 Å². The third kappa shape index (κ3) is 15.7. The van der Waals surface area contributed by atoms with Gasteiger partial charge in [0, 0.05) is 94.4 Å². The molecule has 2 aliphatic heterocycles. The maximum absolute atomic E-state index is 10.6. The third-order valence-corrected chi connectivity index (χ3v) is 21.0. The number of hydrogen-bond acceptors (Lipinski definition) is 2. The van der Waals surface area contributed by atoms with Gasteiger partial charge in [-0.3, -0.25) is 0 Å². The molecule has 15 aromatic rings. The van der Waals surface area contributed by atoms with E-state index in [-0.39, 0.29) is 111 Å². The lowest BCUT2D eigenvalue weighted by Crippen LogP contribution is -2.61. The molecule has 0 atom stereocenters. The summed E-state index contributed by atoms with van der Waals surface area (Å²) >= 11 is 0. The Hall–Kier alpha value is -10.9. The molecule has 5 heteroatoms. The number of benzene rings is 13. The van der Waals surface area contributed by atoms with Crippen LogP contribution in [0.2, 0.25) is 0 Å². The normalized spacial score (nSPS) is 17.7. The van der Waals surface area contributed by atoms with Crippen molar-refractivity contribution in [3.63, 3.8) is 0 Å². The van der Waals surface area contributed by atoms with Gasteiger partial charge in [-0.25, -0.2) is 0 Å². The van der Waals surface area contributed by atoms with E-state index < -0.39 is 180 Å². The largest absolute Gasteiger partial charge is 0.310 e. The van der Waals surface area contributed by atoms with Gasteiger partial charge in [-0.15, -0.1) is 0 Å². The minimum atomic E-state index is -2.27. The van der Waals surface area contributed by atoms with Gasteiger partial charge in [-0.05, 0) is 239 Å². The van der Waals surface area contributed by atoms with Crippen LogP contribution in [0.5, 0.6) is 0 Å². The number of nitrogens with zero attached hydrogens (tertiary/aromatic N) is 4. The highest BCUT2D eigenvalue weighted by molar-refractivity contribution is 7.00. The highest BCUT2D eigenvalue weighted by Crippen LogP contribution is 2.56. The van der Waals surface area contributed by atoms with Crippen LogP contribution >= 0.6 is 0 Å². The molecule has 2 aromatic heterocycles. The Morgan fingerprint density at radius 1 is 0.282 bits per heavy atom. The molecule has 0 radical (unpaired) electrons. The summed E-state index contributed by atoms with van der Waals surface area (Å²) in [5.74, 6) is 0. The Morgan fingerprint density at radius 3 is 0.812 bits per heavy atom. The molecular weight excluding hydrogens is 1410 g/mol. The number of anilines is 6. The molecule has 13 aromatic carbocycles. The summed E-state index contributed by atoms with van der Waals surface area (Å²) in [6.07, 6.45) is -12.9. The summed E-state index contributed by atoms with van der Waals surface area (Å²) < 4.78 is 281. The van der Waals surface area contributed by atoms with E-state index >= 15 is 0 Å². The van der Waals surface area contributed by atoms with Gasteiger partial charge in [0.2, 0.25) is 0 Å². The molecule has 0 fully saturated rings. The van der Waals surface area contributed by atoms with Gasteiger partial charge in [0.15, 0.2) is 0 Å². The maximum atomic E-state index is 10.6. The Morgan fingerprint density at radius 2 is 0.547 bits per heavy atom. The molecule has 0 amide bonds. The fourth-order valence-corrected chi connectivity index (χ4v) is 16.9. The summed E-state index contributed by atoms with van der Waals surface area (Å²) in [7, 11) is 0. The van der Waals surface area contributed by atoms with Crippen LogP contribution in [0.3, 0.4) is 0 Å². The lowest BCUT2D eigenvalue weighted by molar-refractivity contribution is 0.410. The van der Waals surface area contributed by atoms with Crippen LogP contribution in [0, 0.1) is 32.5 Å². The van der Waals surface area contributed by atoms with Crippen molar-refractivity contribution < 1.29 is 38.4 Å². The summed E-state index contributed by atoms with van der Waals surface area (Å²) in [6, 6.07) is 39.5. The van der Waals surface area contributed by atoms with Crippen molar-refractivity contribution in [2.45, 2.75) is 189 Å². The number of aromatic nitrogens is 2. The van der Waals surface area contributed by atoms with E-state index in [4.69, 9.17) is 0 Å². The SMILES string of the molecule is [2H]c1c([2H])c([2H])c2c(c1[2H])c1c([2H])c([2H])c([2H])c([2H])c1n2-c1ccc2c(c1)N(c1c(-c3cccc(C([2H])([2H])C(C)(C)C)c3)cc(C([2H])([2H])C(C)(C)C)cc1-c1cccc(C([2H])([2H])C(C)(C)C)c1)c1cc(C(C)(C)C)cc3c1B2c1ccc(-n2c4c([2H])c([2H])c([2H])c([2H])c4c4c([2H])c([2H])c([2H])c([2H])c42)cc1N3c1c(-c2cccc(C([2H])([2H])C(C)(C)C)c2)cc(C([2H])([2H])C(C)(C)C)cc1-c1cccc(C([2H])([2H])C(C)(C)C)c1. The number of fused-ring (bicyclic) bond motifs is 10. The highest BCUT2D eigenvalue weighted by Gasteiger charge is 2.47. The van der Waals surface area contributed by atoms with Gasteiger partial charge in [0.05, 0.1) is 55.4 Å². The molecule has 0 N–H and O–H groups in total. The minimum Gasteiger partial charge on any atom is -0.310 e. The van der Waals surface area contributed by atoms with Crippen molar-refractivity contribution in [1.82, 2.24) is 9.13 Å². The molecule has 0 unspecified atom stereocenters. The standard InChI is InChI=1S/C112H119BN4/c1-106(2,3)66-72-34-30-38-78(54-72)89-58-76(70-110(13,14)15)59-90(79-39-31-35-73(55-79)67-107(4,5)6)104(89)116-99-64-83(114-95-46-26-22-42-85(95)86-43-23-27-47-96(86)114)50-52-93(99)113-94-53-51-84(115-97-48-28-24-44-87(97)88-45-25-29-49-98(88)115)65-100(94)117(102-63-82(112(19,20)21)62-101(116)103(102)113)105-91(80-40-32-36-74(56-80)68-108(7,8)9)60-77(71-111(16,17)18)61-92(105)81-41-33-37-75(57-81)69-109(10,11)12/h22-65H,66-71H2,1-21H3/i22D,23D,24D,25D,26D,27D,28D,29D,42D,43D,44D,45D,46D,47D,48D,49D,66D2,67D2,68D2,69D2,70D2,71D2. The fourth-order valence-electron chi connectivity index (χ4n) is 16.9. The first-order valence-electron chi connectivity index (χ1n) is 54.5. The molecule has 2 aliphatic rings. The second kappa shape index (κ2) is 29.0. The van der Waals surface area contributed by atoms with Crippen LogP contribution in [0.1, 0.15) is 223 Å². The second-order valence-electron chi connectivity index (χ2n) is 38.7. The van der Waals surface area contributed by atoms with E-state index in [1.807, 2.05) is 79.1 Å². The Balaban J connectivity index is 1.18. The molecule has 4 heterocycles. The molecule has 17 rings (SSSR count). The first-order valence-corrected chi connectivity index (χ1v) is 40.5. The zero-order valence-corrected chi connectivity index (χ0v) is 71.0. The maximum Gasteiger partial charge on any atom is 0.252 e. The van der Waals surface area contributed by atoms with Crippen LogP contribution < -0.4 is 26.2 Å². The third-order valence-electron chi connectivity index (χ3n) is 21.0. The molecule has 0 aliphatic carbocycles. The Labute approximate surface area is 738 Å². The average Bonchev–Trinajstić information content (AvgIpc) is 1.42. The minimum absolute atomic E-state index is 0.0770. The smallest absolute Gasteiger partial charge is 0.252 e. The molecule has 0 bridgehead atoms. The summed E-state index contributed by atoms with van der Waals surface area (Å²) in [5, 5.41) is -0.897. The predicted octanol–water partition coefficient (Wildman–Crippen LogP) is 29.5. The van der Waals surface area contributed by atoms with E-state index in [0.29, 0.717) is 77.8 Å². The predicted molar refractivity (Wildman–Crippen MR) is 509 cm³/mol. The molecular formula is C112H119BN4. The second-order valence-corrected chi connectivity index (χ2v) is 38.7. The first kappa shape index (κ1) is 52.0. The van der Waals surface area contributed by atoms with E-state index in [2.05, 4.69) is 0 Å². The van der Waals surface area contributed by atoms with Gasteiger partial charge in [-0.1, -0.05) is 327 Å².